The maximum Gasteiger partial charge on any atom is 0.283 e. The summed E-state index contributed by atoms with van der Waals surface area (Å²) in [7, 11) is 0. The number of benzene rings is 1. The zero-order chi connectivity index (χ0) is 15.4. The van der Waals surface area contributed by atoms with E-state index in [9.17, 15) is 10.1 Å². The van der Waals surface area contributed by atoms with Crippen LogP contribution in [-0.2, 0) is 6.42 Å². The molecule has 0 unspecified atom stereocenters. The first kappa shape index (κ1) is 15.4. The van der Waals surface area contributed by atoms with Gasteiger partial charge in [0, 0.05) is 30.1 Å². The third-order valence-corrected chi connectivity index (χ3v) is 2.98. The summed E-state index contributed by atoms with van der Waals surface area (Å²) >= 11 is 5.77. The molecule has 2 rings (SSSR count). The second-order valence-corrected chi connectivity index (χ2v) is 5.21. The third-order valence-electron chi connectivity index (χ3n) is 2.75. The number of halogens is 1. The highest BCUT2D eigenvalue weighted by Crippen LogP contribution is 2.31. The van der Waals surface area contributed by atoms with Crippen molar-refractivity contribution in [3.05, 3.63) is 39.2 Å². The quantitative estimate of drug-likeness (QED) is 0.651. The summed E-state index contributed by atoms with van der Waals surface area (Å²) in [5.74, 6) is 0.556. The van der Waals surface area contributed by atoms with Crippen LogP contribution < -0.4 is 5.32 Å². The first-order valence-corrected chi connectivity index (χ1v) is 6.85. The largest absolute Gasteiger partial charge is 0.420 e. The Kier molecular flexibility index (Phi) is 4.87. The van der Waals surface area contributed by atoms with E-state index in [1.807, 2.05) is 13.8 Å². The molecule has 8 heteroatoms. The van der Waals surface area contributed by atoms with Crippen molar-refractivity contribution in [1.82, 2.24) is 15.5 Å². The highest BCUT2D eigenvalue weighted by atomic mass is 35.5. The Morgan fingerprint density at radius 3 is 2.86 bits per heavy atom. The fraction of sp³-hybridized carbons (Fsp3) is 0.385. The number of rotatable bonds is 6. The van der Waals surface area contributed by atoms with E-state index in [0.717, 1.165) is 0 Å². The molecule has 1 N–H and O–H groups in total. The van der Waals surface area contributed by atoms with Crippen molar-refractivity contribution in [3.8, 4) is 11.5 Å². The molecule has 2 aromatic rings. The topological polar surface area (TPSA) is 94.1 Å². The van der Waals surface area contributed by atoms with Gasteiger partial charge in [-0.3, -0.25) is 10.1 Å². The van der Waals surface area contributed by atoms with Gasteiger partial charge in [-0.15, -0.1) is 10.2 Å². The molecular formula is C13H15ClN4O3. The van der Waals surface area contributed by atoms with E-state index in [1.54, 1.807) is 6.07 Å². The molecule has 0 atom stereocenters. The Hall–Kier alpha value is -1.99. The van der Waals surface area contributed by atoms with Crippen LogP contribution in [0.5, 0.6) is 0 Å². The van der Waals surface area contributed by atoms with Gasteiger partial charge in [-0.1, -0.05) is 25.4 Å². The number of aromatic nitrogens is 2. The molecule has 0 bridgehead atoms. The molecule has 112 valence electrons. The Labute approximate surface area is 126 Å². The van der Waals surface area contributed by atoms with Crippen LogP contribution in [-0.4, -0.2) is 27.7 Å². The van der Waals surface area contributed by atoms with Crippen LogP contribution >= 0.6 is 11.6 Å². The van der Waals surface area contributed by atoms with Crippen LogP contribution in [0.3, 0.4) is 0 Å². The lowest BCUT2D eigenvalue weighted by Gasteiger charge is -2.04. The van der Waals surface area contributed by atoms with E-state index < -0.39 is 4.92 Å². The van der Waals surface area contributed by atoms with Crippen molar-refractivity contribution >= 4 is 17.3 Å². The Balaban J connectivity index is 2.19. The summed E-state index contributed by atoms with van der Waals surface area (Å²) in [5.41, 5.74) is 0.109. The zero-order valence-electron chi connectivity index (χ0n) is 11.7. The second kappa shape index (κ2) is 6.64. The number of nitrogens with zero attached hydrogens (tertiary/aromatic N) is 3. The summed E-state index contributed by atoms with van der Waals surface area (Å²) in [6.45, 7) is 4.77. The van der Waals surface area contributed by atoms with Gasteiger partial charge in [0.1, 0.15) is 5.56 Å². The van der Waals surface area contributed by atoms with Crippen LogP contribution in [0.2, 0.25) is 5.02 Å². The van der Waals surface area contributed by atoms with Crippen molar-refractivity contribution in [1.29, 1.82) is 0 Å². The van der Waals surface area contributed by atoms with Gasteiger partial charge in [0.2, 0.25) is 5.89 Å². The molecule has 0 fully saturated rings. The Morgan fingerprint density at radius 1 is 1.43 bits per heavy atom. The minimum atomic E-state index is -0.522. The van der Waals surface area contributed by atoms with Gasteiger partial charge < -0.3 is 9.73 Å². The minimum absolute atomic E-state index is 0.123. The molecule has 21 heavy (non-hydrogen) atoms. The normalized spacial score (nSPS) is 11.0. The Morgan fingerprint density at radius 2 is 2.19 bits per heavy atom. The highest BCUT2D eigenvalue weighted by Gasteiger charge is 2.20. The zero-order valence-corrected chi connectivity index (χ0v) is 12.4. The summed E-state index contributed by atoms with van der Waals surface area (Å²) in [6.07, 6.45) is 0.562. The summed E-state index contributed by atoms with van der Waals surface area (Å²) in [4.78, 5) is 10.5. The number of hydrogen-bond acceptors (Lipinski definition) is 6. The second-order valence-electron chi connectivity index (χ2n) is 4.78. The smallest absolute Gasteiger partial charge is 0.283 e. The van der Waals surface area contributed by atoms with Crippen LogP contribution in [0, 0.1) is 10.1 Å². The van der Waals surface area contributed by atoms with Crippen molar-refractivity contribution in [2.24, 2.45) is 0 Å². The van der Waals surface area contributed by atoms with Crippen molar-refractivity contribution in [3.63, 3.8) is 0 Å². The fourth-order valence-corrected chi connectivity index (χ4v) is 1.93. The lowest BCUT2D eigenvalue weighted by Crippen LogP contribution is -2.25. The van der Waals surface area contributed by atoms with Gasteiger partial charge in [-0.2, -0.15) is 0 Å². The SMILES string of the molecule is CC(C)NCCc1nnc(-c2ccc(Cl)cc2[N+](=O)[O-])o1. The van der Waals surface area contributed by atoms with E-state index in [4.69, 9.17) is 16.0 Å². The van der Waals surface area contributed by atoms with Crippen LogP contribution in [0.4, 0.5) is 5.69 Å². The Bertz CT molecular complexity index is 642. The molecule has 0 saturated carbocycles. The van der Waals surface area contributed by atoms with Crippen LogP contribution in [0.15, 0.2) is 22.6 Å². The molecule has 1 heterocycles. The standard InChI is InChI=1S/C13H15ClN4O3/c1-8(2)15-6-5-12-16-17-13(21-12)10-4-3-9(14)7-11(10)18(19)20/h3-4,7-8,15H,5-6H2,1-2H3. The molecule has 1 aromatic heterocycles. The number of nitro groups is 1. The molecule has 0 saturated heterocycles. The van der Waals surface area contributed by atoms with Gasteiger partial charge in [0.05, 0.1) is 4.92 Å². The molecule has 0 aliphatic rings. The number of nitro benzene ring substituents is 1. The number of nitrogens with one attached hydrogen (secondary N) is 1. The molecule has 0 aliphatic carbocycles. The summed E-state index contributed by atoms with van der Waals surface area (Å²) < 4.78 is 5.47. The van der Waals surface area contributed by atoms with E-state index in [0.29, 0.717) is 24.9 Å². The lowest BCUT2D eigenvalue weighted by atomic mass is 10.2. The molecule has 1 aromatic carbocycles. The highest BCUT2D eigenvalue weighted by molar-refractivity contribution is 6.30. The van der Waals surface area contributed by atoms with Gasteiger partial charge in [-0.25, -0.2) is 0 Å². The van der Waals surface area contributed by atoms with E-state index in [1.165, 1.54) is 12.1 Å². The fourth-order valence-electron chi connectivity index (χ4n) is 1.77. The van der Waals surface area contributed by atoms with Crippen molar-refractivity contribution in [2.45, 2.75) is 26.3 Å². The van der Waals surface area contributed by atoms with Crippen LogP contribution in [0.25, 0.3) is 11.5 Å². The predicted octanol–water partition coefficient (Wildman–Crippen LogP) is 2.84. The maximum atomic E-state index is 11.0. The first-order valence-electron chi connectivity index (χ1n) is 6.47. The van der Waals surface area contributed by atoms with Crippen LogP contribution in [0.1, 0.15) is 19.7 Å². The average molecular weight is 311 g/mol. The van der Waals surface area contributed by atoms with E-state index in [-0.39, 0.29) is 22.2 Å². The predicted molar refractivity (Wildman–Crippen MR) is 78.2 cm³/mol. The molecule has 0 amide bonds. The molecule has 7 nitrogen and oxygen atoms in total. The minimum Gasteiger partial charge on any atom is -0.420 e. The van der Waals surface area contributed by atoms with E-state index >= 15 is 0 Å². The summed E-state index contributed by atoms with van der Waals surface area (Å²) in [6, 6.07) is 4.68. The molecular weight excluding hydrogens is 296 g/mol. The van der Waals surface area contributed by atoms with Crippen molar-refractivity contribution in [2.75, 3.05) is 6.54 Å². The molecule has 0 spiro atoms. The molecule has 0 aliphatic heterocycles. The van der Waals surface area contributed by atoms with Gasteiger partial charge in [0.25, 0.3) is 11.6 Å². The summed E-state index contributed by atoms with van der Waals surface area (Å²) in [5, 5.41) is 22.3. The third kappa shape index (κ3) is 3.99. The van der Waals surface area contributed by atoms with Gasteiger partial charge in [0.15, 0.2) is 0 Å². The number of hydrogen-bond donors (Lipinski definition) is 1. The molecule has 0 radical (unpaired) electrons. The monoisotopic (exact) mass is 310 g/mol. The van der Waals surface area contributed by atoms with Crippen molar-refractivity contribution < 1.29 is 9.34 Å². The average Bonchev–Trinajstić information content (AvgIpc) is 2.86. The lowest BCUT2D eigenvalue weighted by molar-refractivity contribution is -0.384. The van der Waals surface area contributed by atoms with E-state index in [2.05, 4.69) is 15.5 Å². The van der Waals surface area contributed by atoms with Gasteiger partial charge in [-0.05, 0) is 12.1 Å². The first-order chi connectivity index (χ1) is 9.97. The maximum absolute atomic E-state index is 11.0. The van der Waals surface area contributed by atoms with Gasteiger partial charge >= 0.3 is 0 Å².